The number of rotatable bonds is 4. The Hall–Kier alpha value is -2.47. The first-order valence-corrected chi connectivity index (χ1v) is 9.86. The second-order valence-corrected chi connectivity index (χ2v) is 7.92. The summed E-state index contributed by atoms with van der Waals surface area (Å²) in [4.78, 5) is 26.6. The van der Waals surface area contributed by atoms with Crippen molar-refractivity contribution in [3.8, 4) is 0 Å². The van der Waals surface area contributed by atoms with Gasteiger partial charge in [0.05, 0.1) is 11.7 Å². The fourth-order valence-electron chi connectivity index (χ4n) is 3.69. The summed E-state index contributed by atoms with van der Waals surface area (Å²) in [6, 6.07) is 15.6. The van der Waals surface area contributed by atoms with Crippen LogP contribution in [-0.4, -0.2) is 33.7 Å². The van der Waals surface area contributed by atoms with Crippen LogP contribution in [0.15, 0.2) is 64.0 Å². The molecule has 1 aliphatic heterocycles. The lowest BCUT2D eigenvalue weighted by Crippen LogP contribution is -2.33. The third kappa shape index (κ3) is 3.95. The topological polar surface area (TPSA) is 55.2 Å². The normalized spacial score (nSPS) is 16.8. The van der Waals surface area contributed by atoms with Gasteiger partial charge in [0.2, 0.25) is 11.3 Å². The minimum atomic E-state index is -0.120. The van der Waals surface area contributed by atoms with Gasteiger partial charge in [-0.1, -0.05) is 40.2 Å². The van der Waals surface area contributed by atoms with E-state index < -0.39 is 0 Å². The minimum absolute atomic E-state index is 0.0506. The number of likely N-dealkylation sites (tertiary alicyclic amines) is 1. The van der Waals surface area contributed by atoms with Crippen molar-refractivity contribution in [2.24, 2.45) is 5.92 Å². The second kappa shape index (κ2) is 7.64. The average molecular weight is 426 g/mol. The van der Waals surface area contributed by atoms with E-state index in [0.29, 0.717) is 16.8 Å². The molecule has 138 valence electrons. The number of halogens is 1. The number of benzene rings is 2. The van der Waals surface area contributed by atoms with Crippen LogP contribution in [0.25, 0.3) is 10.9 Å². The quantitative estimate of drug-likeness (QED) is 0.644. The molecule has 2 aromatic carbocycles. The van der Waals surface area contributed by atoms with E-state index >= 15 is 0 Å². The molecule has 3 aromatic rings. The Morgan fingerprint density at radius 3 is 2.74 bits per heavy atom. The molecule has 0 N–H and O–H groups in total. The molecule has 2 heterocycles. The zero-order chi connectivity index (χ0) is 18.8. The van der Waals surface area contributed by atoms with Gasteiger partial charge >= 0.3 is 0 Å². The summed E-state index contributed by atoms with van der Waals surface area (Å²) in [6.45, 7) is 1.71. The molecule has 1 aromatic heterocycles. The molecular weight excluding hydrogens is 406 g/mol. The summed E-state index contributed by atoms with van der Waals surface area (Å²) in [6.07, 6.45) is 3.28. The molecular formula is C21H20BrN3O2. The fourth-order valence-corrected chi connectivity index (χ4v) is 3.96. The molecule has 1 unspecified atom stereocenters. The van der Waals surface area contributed by atoms with Gasteiger partial charge in [-0.3, -0.25) is 14.3 Å². The van der Waals surface area contributed by atoms with Gasteiger partial charge in [-0.15, -0.1) is 0 Å². The predicted molar refractivity (Wildman–Crippen MR) is 109 cm³/mol. The van der Waals surface area contributed by atoms with E-state index in [-0.39, 0.29) is 17.9 Å². The van der Waals surface area contributed by atoms with Crippen LogP contribution < -0.4 is 5.43 Å². The Kier molecular flexibility index (Phi) is 5.07. The van der Waals surface area contributed by atoms with Crippen LogP contribution in [0.1, 0.15) is 12.0 Å². The monoisotopic (exact) mass is 425 g/mol. The SMILES string of the molecule is O=C(Cn1ncc(=O)c2ccccc21)N1CCC(Cc2ccc(Br)cc2)C1. The summed E-state index contributed by atoms with van der Waals surface area (Å²) >= 11 is 3.46. The second-order valence-electron chi connectivity index (χ2n) is 7.01. The molecule has 0 aliphatic carbocycles. The molecule has 0 radical (unpaired) electrons. The number of fused-ring (bicyclic) bond motifs is 1. The molecule has 0 spiro atoms. The van der Waals surface area contributed by atoms with Crippen molar-refractivity contribution < 1.29 is 4.79 Å². The van der Waals surface area contributed by atoms with Crippen LogP contribution >= 0.6 is 15.9 Å². The van der Waals surface area contributed by atoms with E-state index in [9.17, 15) is 9.59 Å². The van der Waals surface area contributed by atoms with Crippen molar-refractivity contribution in [1.82, 2.24) is 14.7 Å². The Balaban J connectivity index is 1.43. The van der Waals surface area contributed by atoms with Crippen molar-refractivity contribution in [1.29, 1.82) is 0 Å². The smallest absolute Gasteiger partial charge is 0.244 e. The molecule has 1 saturated heterocycles. The Morgan fingerprint density at radius 2 is 1.93 bits per heavy atom. The maximum absolute atomic E-state index is 12.8. The maximum atomic E-state index is 12.8. The minimum Gasteiger partial charge on any atom is -0.341 e. The Labute approximate surface area is 165 Å². The van der Waals surface area contributed by atoms with Crippen LogP contribution in [0.5, 0.6) is 0 Å². The third-order valence-corrected chi connectivity index (χ3v) is 5.65. The van der Waals surface area contributed by atoms with Crippen LogP contribution in [0.2, 0.25) is 0 Å². The zero-order valence-electron chi connectivity index (χ0n) is 14.8. The first-order valence-electron chi connectivity index (χ1n) is 9.07. The number of para-hydroxylation sites is 1. The van der Waals surface area contributed by atoms with Crippen molar-refractivity contribution in [3.63, 3.8) is 0 Å². The number of nitrogens with zero attached hydrogens (tertiary/aromatic N) is 3. The summed E-state index contributed by atoms with van der Waals surface area (Å²) < 4.78 is 2.71. The number of hydrogen-bond acceptors (Lipinski definition) is 3. The first-order chi connectivity index (χ1) is 13.1. The van der Waals surface area contributed by atoms with Gasteiger partial charge in [0, 0.05) is 22.9 Å². The third-order valence-electron chi connectivity index (χ3n) is 5.12. The molecule has 1 fully saturated rings. The lowest BCUT2D eigenvalue weighted by Gasteiger charge is -2.18. The van der Waals surface area contributed by atoms with Gasteiger partial charge in [-0.2, -0.15) is 5.10 Å². The van der Waals surface area contributed by atoms with Gasteiger partial charge in [0.25, 0.3) is 0 Å². The zero-order valence-corrected chi connectivity index (χ0v) is 16.4. The van der Waals surface area contributed by atoms with E-state index in [1.165, 1.54) is 11.8 Å². The molecule has 5 nitrogen and oxygen atoms in total. The molecule has 0 saturated carbocycles. The molecule has 4 rings (SSSR count). The highest BCUT2D eigenvalue weighted by atomic mass is 79.9. The van der Waals surface area contributed by atoms with Gasteiger partial charge in [-0.05, 0) is 48.6 Å². The fraction of sp³-hybridized carbons (Fsp3) is 0.286. The summed E-state index contributed by atoms with van der Waals surface area (Å²) in [7, 11) is 0. The van der Waals surface area contributed by atoms with Crippen LogP contribution in [0.3, 0.4) is 0 Å². The first kappa shape index (κ1) is 17.9. The Morgan fingerprint density at radius 1 is 1.15 bits per heavy atom. The number of carbonyl (C=O) groups is 1. The van der Waals surface area contributed by atoms with Gasteiger partial charge in [0.1, 0.15) is 6.54 Å². The molecule has 27 heavy (non-hydrogen) atoms. The van der Waals surface area contributed by atoms with Gasteiger partial charge in [0.15, 0.2) is 0 Å². The highest BCUT2D eigenvalue weighted by Crippen LogP contribution is 2.22. The molecule has 1 amide bonds. The highest BCUT2D eigenvalue weighted by Gasteiger charge is 2.26. The van der Waals surface area contributed by atoms with E-state index in [2.05, 4.69) is 45.3 Å². The van der Waals surface area contributed by atoms with Crippen molar-refractivity contribution in [2.45, 2.75) is 19.4 Å². The van der Waals surface area contributed by atoms with Crippen molar-refractivity contribution in [3.05, 3.63) is 75.0 Å². The van der Waals surface area contributed by atoms with E-state index in [1.807, 2.05) is 23.1 Å². The number of carbonyl (C=O) groups excluding carboxylic acids is 1. The van der Waals surface area contributed by atoms with Crippen LogP contribution in [0.4, 0.5) is 0 Å². The number of amides is 1. The molecule has 1 atom stereocenters. The Bertz CT molecular complexity index is 1030. The number of hydrogen-bond donors (Lipinski definition) is 0. The van der Waals surface area contributed by atoms with Crippen LogP contribution in [0, 0.1) is 5.92 Å². The lowest BCUT2D eigenvalue weighted by atomic mass is 9.99. The predicted octanol–water partition coefficient (Wildman–Crippen LogP) is 3.25. The standard InChI is InChI=1S/C21H20BrN3O2/c22-17-7-5-15(6-8-17)11-16-9-10-24(13-16)21(27)14-25-19-4-2-1-3-18(19)20(26)12-23-25/h1-8,12,16H,9-11,13-14H2. The molecule has 0 bridgehead atoms. The summed E-state index contributed by atoms with van der Waals surface area (Å²) in [5.74, 6) is 0.531. The lowest BCUT2D eigenvalue weighted by molar-refractivity contribution is -0.131. The summed E-state index contributed by atoms with van der Waals surface area (Å²) in [5, 5.41) is 4.76. The molecule has 6 heteroatoms. The highest BCUT2D eigenvalue weighted by molar-refractivity contribution is 9.10. The van der Waals surface area contributed by atoms with Crippen molar-refractivity contribution in [2.75, 3.05) is 13.1 Å². The largest absolute Gasteiger partial charge is 0.341 e. The van der Waals surface area contributed by atoms with Crippen LogP contribution in [-0.2, 0) is 17.8 Å². The van der Waals surface area contributed by atoms with Crippen molar-refractivity contribution >= 4 is 32.7 Å². The van der Waals surface area contributed by atoms with E-state index in [0.717, 1.165) is 30.4 Å². The van der Waals surface area contributed by atoms with E-state index in [4.69, 9.17) is 0 Å². The average Bonchev–Trinajstić information content (AvgIpc) is 3.15. The van der Waals surface area contributed by atoms with E-state index in [1.54, 1.807) is 10.7 Å². The number of aromatic nitrogens is 2. The summed E-state index contributed by atoms with van der Waals surface area (Å²) in [5.41, 5.74) is 1.87. The molecule has 1 aliphatic rings. The maximum Gasteiger partial charge on any atom is 0.244 e. The van der Waals surface area contributed by atoms with Gasteiger partial charge < -0.3 is 4.90 Å². The van der Waals surface area contributed by atoms with Gasteiger partial charge in [-0.25, -0.2) is 0 Å².